The van der Waals surface area contributed by atoms with Gasteiger partial charge in [0.15, 0.2) is 5.78 Å². The summed E-state index contributed by atoms with van der Waals surface area (Å²) in [6, 6.07) is 8.14. The molecule has 1 aromatic rings. The lowest BCUT2D eigenvalue weighted by molar-refractivity contribution is -0.133. The number of methoxy groups -OCH3 is 1. The van der Waals surface area contributed by atoms with Crippen molar-refractivity contribution in [1.29, 1.82) is 0 Å². The third kappa shape index (κ3) is 3.88. The van der Waals surface area contributed by atoms with Crippen molar-refractivity contribution in [3.8, 4) is 5.75 Å². The molecule has 2 saturated carbocycles. The van der Waals surface area contributed by atoms with E-state index in [1.165, 1.54) is 19.3 Å². The first-order chi connectivity index (χ1) is 15.2. The molecule has 2 aliphatic heterocycles. The molecule has 0 amide bonds. The quantitative estimate of drug-likeness (QED) is 0.758. The van der Waals surface area contributed by atoms with Crippen molar-refractivity contribution in [2.75, 3.05) is 20.2 Å². The Hall–Kier alpha value is -1.85. The minimum atomic E-state index is -0.416. The summed E-state index contributed by atoms with van der Waals surface area (Å²) in [5, 5.41) is 10.9. The number of fused-ring (bicyclic) bond motifs is 3. The fourth-order valence-electron chi connectivity index (χ4n) is 7.39. The topological polar surface area (TPSA) is 59.0 Å². The van der Waals surface area contributed by atoms with Gasteiger partial charge in [-0.3, -0.25) is 9.69 Å². The summed E-state index contributed by atoms with van der Waals surface area (Å²) in [4.78, 5) is 16.0. The van der Waals surface area contributed by atoms with Crippen LogP contribution < -0.4 is 4.74 Å². The highest BCUT2D eigenvalue weighted by atomic mass is 16.5. The maximum atomic E-state index is 13.4. The molecule has 2 aliphatic carbocycles. The molecule has 6 atom stereocenters. The van der Waals surface area contributed by atoms with Crippen molar-refractivity contribution < 1.29 is 19.4 Å². The van der Waals surface area contributed by atoms with E-state index in [0.29, 0.717) is 35.3 Å². The van der Waals surface area contributed by atoms with Gasteiger partial charge in [-0.05, 0) is 60.6 Å². The molecule has 1 N–H and O–H groups in total. The van der Waals surface area contributed by atoms with Crippen LogP contribution in [0.25, 0.3) is 5.57 Å². The molecule has 32 heavy (non-hydrogen) atoms. The van der Waals surface area contributed by atoms with Crippen molar-refractivity contribution >= 4 is 11.4 Å². The minimum Gasteiger partial charge on any atom is -0.497 e. The number of ketones is 1. The number of hydrogen-bond acceptors (Lipinski definition) is 5. The molecule has 1 saturated heterocycles. The Labute approximate surface area is 191 Å². The molecule has 1 aromatic carbocycles. The largest absolute Gasteiger partial charge is 0.497 e. The Morgan fingerprint density at radius 2 is 1.91 bits per heavy atom. The van der Waals surface area contributed by atoms with Gasteiger partial charge in [-0.15, -0.1) is 0 Å². The fourth-order valence-corrected chi connectivity index (χ4v) is 7.39. The average Bonchev–Trinajstić information content (AvgIpc) is 2.98. The maximum Gasteiger partial charge on any atom is 0.173 e. The van der Waals surface area contributed by atoms with E-state index in [1.54, 1.807) is 13.4 Å². The van der Waals surface area contributed by atoms with E-state index in [9.17, 15) is 9.90 Å². The molecule has 2 heterocycles. The molecule has 3 fully saturated rings. The van der Waals surface area contributed by atoms with Crippen LogP contribution in [0.15, 0.2) is 30.5 Å². The second-order valence-corrected chi connectivity index (χ2v) is 11.8. The average molecular weight is 440 g/mol. The number of rotatable bonds is 4. The summed E-state index contributed by atoms with van der Waals surface area (Å²) in [7, 11) is 1.64. The highest BCUT2D eigenvalue weighted by molar-refractivity contribution is 6.22. The zero-order valence-electron chi connectivity index (χ0n) is 19.8. The number of ether oxygens (including phenoxy) is 2. The van der Waals surface area contributed by atoms with Gasteiger partial charge in [0.1, 0.15) is 11.9 Å². The molecule has 5 heteroatoms. The second-order valence-electron chi connectivity index (χ2n) is 11.8. The summed E-state index contributed by atoms with van der Waals surface area (Å²) in [5.74, 6) is 0.707. The number of aliphatic hydroxyl groups is 1. The number of carbonyl (C=O) groups excluding carboxylic acids is 1. The number of allylic oxidation sites excluding steroid dienone is 1. The molecule has 5 rings (SSSR count). The van der Waals surface area contributed by atoms with Crippen LogP contribution in [0.4, 0.5) is 0 Å². The van der Waals surface area contributed by atoms with Gasteiger partial charge in [0, 0.05) is 25.0 Å². The molecular formula is C27H37NO4. The van der Waals surface area contributed by atoms with Crippen LogP contribution in [0.5, 0.6) is 5.75 Å². The van der Waals surface area contributed by atoms with Crippen LogP contribution in [0.1, 0.15) is 58.4 Å². The van der Waals surface area contributed by atoms with E-state index in [4.69, 9.17) is 9.47 Å². The van der Waals surface area contributed by atoms with E-state index in [0.717, 1.165) is 24.4 Å². The molecule has 0 aromatic heterocycles. The molecule has 174 valence electrons. The van der Waals surface area contributed by atoms with Crippen molar-refractivity contribution in [2.45, 2.75) is 71.1 Å². The van der Waals surface area contributed by atoms with Gasteiger partial charge < -0.3 is 14.6 Å². The van der Waals surface area contributed by atoms with Gasteiger partial charge in [0.05, 0.1) is 31.0 Å². The van der Waals surface area contributed by atoms with Gasteiger partial charge >= 0.3 is 0 Å². The monoisotopic (exact) mass is 439 g/mol. The first-order valence-corrected chi connectivity index (χ1v) is 12.1. The number of nitrogens with zero attached hydrogens (tertiary/aromatic N) is 1. The Bertz CT molecular complexity index is 907. The third-order valence-electron chi connectivity index (χ3n) is 8.40. The first kappa shape index (κ1) is 22.0. The zero-order valence-corrected chi connectivity index (χ0v) is 19.8. The normalized spacial score (nSPS) is 38.6. The number of aliphatic hydroxyl groups excluding tert-OH is 1. The van der Waals surface area contributed by atoms with Gasteiger partial charge in [-0.2, -0.15) is 0 Å². The maximum absolute atomic E-state index is 13.4. The number of carbonyl (C=O) groups is 1. The lowest BCUT2D eigenvalue weighted by Gasteiger charge is -2.44. The summed E-state index contributed by atoms with van der Waals surface area (Å²) in [6.07, 6.45) is 6.05. The lowest BCUT2D eigenvalue weighted by Crippen LogP contribution is -2.52. The van der Waals surface area contributed by atoms with Crippen molar-refractivity contribution in [1.82, 2.24) is 4.90 Å². The summed E-state index contributed by atoms with van der Waals surface area (Å²) in [6.45, 7) is 9.10. The van der Waals surface area contributed by atoms with Gasteiger partial charge in [-0.1, -0.05) is 32.9 Å². The molecule has 2 bridgehead atoms. The smallest absolute Gasteiger partial charge is 0.173 e. The van der Waals surface area contributed by atoms with Crippen molar-refractivity contribution in [2.24, 2.45) is 22.7 Å². The number of benzene rings is 1. The van der Waals surface area contributed by atoms with Gasteiger partial charge in [0.2, 0.25) is 0 Å². The van der Waals surface area contributed by atoms with E-state index in [2.05, 4.69) is 25.7 Å². The predicted molar refractivity (Wildman–Crippen MR) is 124 cm³/mol. The first-order valence-electron chi connectivity index (χ1n) is 12.1. The van der Waals surface area contributed by atoms with Crippen LogP contribution in [0.2, 0.25) is 0 Å². The van der Waals surface area contributed by atoms with Crippen LogP contribution >= 0.6 is 0 Å². The Morgan fingerprint density at radius 3 is 2.62 bits per heavy atom. The van der Waals surface area contributed by atoms with Crippen LogP contribution in [-0.2, 0) is 9.53 Å². The Balaban J connectivity index is 1.35. The van der Waals surface area contributed by atoms with Crippen molar-refractivity contribution in [3.05, 3.63) is 36.1 Å². The molecule has 0 spiro atoms. The van der Waals surface area contributed by atoms with E-state index >= 15 is 0 Å². The predicted octanol–water partition coefficient (Wildman–Crippen LogP) is 4.29. The Morgan fingerprint density at radius 1 is 1.16 bits per heavy atom. The Kier molecular flexibility index (Phi) is 5.41. The summed E-state index contributed by atoms with van der Waals surface area (Å²) < 4.78 is 11.5. The SMILES string of the molecule is COc1ccc(C2=COC3C(CCC(O)C3CN3CC4(C)CC3CC(C)(C)C4)C2=O)cc1. The van der Waals surface area contributed by atoms with E-state index in [1.807, 2.05) is 24.3 Å². The molecule has 6 unspecified atom stereocenters. The highest BCUT2D eigenvalue weighted by Crippen LogP contribution is 2.53. The molecule has 4 aliphatic rings. The standard InChI is InChI=1S/C27H37NO4/c1-26(2)11-18-12-27(3,15-26)16-28(18)13-21-23(29)10-9-20-24(30)22(14-32-25(20)21)17-5-7-19(31-4)8-6-17/h5-8,14,18,20-21,23,25,29H,9-13,15-16H2,1-4H3. The summed E-state index contributed by atoms with van der Waals surface area (Å²) in [5.41, 5.74) is 2.22. The molecular weight excluding hydrogens is 402 g/mol. The summed E-state index contributed by atoms with van der Waals surface area (Å²) >= 11 is 0. The van der Waals surface area contributed by atoms with E-state index in [-0.39, 0.29) is 23.7 Å². The number of hydrogen-bond donors (Lipinski definition) is 1. The molecule has 0 radical (unpaired) electrons. The number of Topliss-reactive ketones (excluding diaryl/α,β-unsaturated/α-hetero) is 1. The highest BCUT2D eigenvalue weighted by Gasteiger charge is 2.52. The second kappa shape index (κ2) is 7.88. The zero-order chi connectivity index (χ0) is 22.7. The van der Waals surface area contributed by atoms with Crippen LogP contribution in [0, 0.1) is 22.7 Å². The van der Waals surface area contributed by atoms with E-state index < -0.39 is 6.10 Å². The minimum absolute atomic E-state index is 0.0302. The van der Waals surface area contributed by atoms with Gasteiger partial charge in [0.25, 0.3) is 0 Å². The molecule has 5 nitrogen and oxygen atoms in total. The van der Waals surface area contributed by atoms with Crippen LogP contribution in [-0.4, -0.2) is 54.2 Å². The van der Waals surface area contributed by atoms with Gasteiger partial charge in [-0.25, -0.2) is 0 Å². The van der Waals surface area contributed by atoms with Crippen LogP contribution in [0.3, 0.4) is 0 Å². The number of likely N-dealkylation sites (tertiary alicyclic amines) is 1. The fraction of sp³-hybridized carbons (Fsp3) is 0.667. The lowest BCUT2D eigenvalue weighted by atomic mass is 9.65. The van der Waals surface area contributed by atoms with Crippen molar-refractivity contribution in [3.63, 3.8) is 0 Å². The third-order valence-corrected chi connectivity index (χ3v) is 8.40.